The summed E-state index contributed by atoms with van der Waals surface area (Å²) >= 11 is 0. The van der Waals surface area contributed by atoms with Crippen molar-refractivity contribution in [2.45, 2.75) is 52.4 Å². The van der Waals surface area contributed by atoms with Crippen LogP contribution in [-0.2, 0) is 25.7 Å². The number of hydrogen-bond acceptors (Lipinski definition) is 1. The maximum Gasteiger partial charge on any atom is 0.0702 e. The number of hydrogen-bond donors (Lipinski definition) is 0. The maximum atomic E-state index is 4.64. The van der Waals surface area contributed by atoms with E-state index in [0.717, 1.165) is 31.4 Å². The Morgan fingerprint density at radius 3 is 1.73 bits per heavy atom. The molecule has 1 nitrogen and oxygen atoms in total. The van der Waals surface area contributed by atoms with Crippen LogP contribution in [0, 0.1) is 0 Å². The molecule has 0 amide bonds. The molecule has 0 bridgehead atoms. The topological polar surface area (TPSA) is 12.9 Å². The van der Waals surface area contributed by atoms with Gasteiger partial charge in [0.2, 0.25) is 0 Å². The minimum atomic E-state index is 1.06. The van der Waals surface area contributed by atoms with Crippen molar-refractivity contribution in [1.29, 1.82) is 0 Å². The highest BCUT2D eigenvalue weighted by molar-refractivity contribution is 5.59. The van der Waals surface area contributed by atoms with E-state index in [4.69, 9.17) is 0 Å². The highest BCUT2D eigenvalue weighted by Gasteiger charge is 2.02. The zero-order valence-corrected chi connectivity index (χ0v) is 16.0. The van der Waals surface area contributed by atoms with E-state index in [-0.39, 0.29) is 0 Å². The Morgan fingerprint density at radius 1 is 0.615 bits per heavy atom. The lowest BCUT2D eigenvalue weighted by Crippen LogP contribution is -1.93. The van der Waals surface area contributed by atoms with E-state index in [1.54, 1.807) is 0 Å². The van der Waals surface area contributed by atoms with Crippen molar-refractivity contribution >= 4 is 0 Å². The predicted octanol–water partition coefficient (Wildman–Crippen LogP) is 6.44. The second-order valence-corrected chi connectivity index (χ2v) is 7.02. The number of benzene rings is 2. The van der Waals surface area contributed by atoms with Crippen LogP contribution in [0.4, 0.5) is 0 Å². The molecule has 0 N–H and O–H groups in total. The van der Waals surface area contributed by atoms with E-state index < -0.39 is 0 Å². The summed E-state index contributed by atoms with van der Waals surface area (Å²) in [5.41, 5.74) is 7.80. The highest BCUT2D eigenvalue weighted by Crippen LogP contribution is 2.19. The number of aryl methyl sites for hydroxylation is 4. The number of pyridine rings is 1. The molecule has 0 saturated carbocycles. The average Bonchev–Trinajstić information content (AvgIpc) is 2.72. The Hall–Kier alpha value is -2.41. The summed E-state index contributed by atoms with van der Waals surface area (Å²) in [4.78, 5) is 4.64. The van der Waals surface area contributed by atoms with Crippen LogP contribution >= 0.6 is 0 Å². The van der Waals surface area contributed by atoms with Crippen LogP contribution in [0.2, 0.25) is 0 Å². The van der Waals surface area contributed by atoms with Crippen LogP contribution in [0.1, 0.15) is 48.9 Å². The third-order valence-electron chi connectivity index (χ3n) is 5.03. The molecular weight excluding hydrogens is 314 g/mol. The lowest BCUT2D eigenvalue weighted by atomic mass is 10.0. The van der Waals surface area contributed by atoms with Gasteiger partial charge >= 0.3 is 0 Å². The van der Waals surface area contributed by atoms with Gasteiger partial charge in [0.05, 0.1) is 5.69 Å². The Labute approximate surface area is 158 Å². The Balaban J connectivity index is 1.58. The second-order valence-electron chi connectivity index (χ2n) is 7.02. The van der Waals surface area contributed by atoms with E-state index in [1.165, 1.54) is 40.7 Å². The van der Waals surface area contributed by atoms with Crippen LogP contribution < -0.4 is 0 Å². The van der Waals surface area contributed by atoms with Gasteiger partial charge in [-0.3, -0.25) is 4.98 Å². The standard InChI is InChI=1S/C25H29N/c1-3-5-6-23-15-18-25(26-19-23)24-16-13-22(14-17-24)12-11-21-9-7-20(4-2)8-10-21/h7-10,13-19H,3-6,11-12H2,1-2H3. The summed E-state index contributed by atoms with van der Waals surface area (Å²) in [7, 11) is 0. The fourth-order valence-corrected chi connectivity index (χ4v) is 3.20. The summed E-state index contributed by atoms with van der Waals surface area (Å²) in [6.07, 6.45) is 8.89. The number of aromatic nitrogens is 1. The van der Waals surface area contributed by atoms with Crippen molar-refractivity contribution in [3.63, 3.8) is 0 Å². The molecule has 3 aromatic rings. The third-order valence-corrected chi connectivity index (χ3v) is 5.03. The maximum absolute atomic E-state index is 4.64. The Morgan fingerprint density at radius 2 is 1.19 bits per heavy atom. The van der Waals surface area contributed by atoms with Gasteiger partial charge in [0, 0.05) is 11.8 Å². The van der Waals surface area contributed by atoms with Gasteiger partial charge in [0.25, 0.3) is 0 Å². The van der Waals surface area contributed by atoms with Crippen molar-refractivity contribution in [2.75, 3.05) is 0 Å². The monoisotopic (exact) mass is 343 g/mol. The third kappa shape index (κ3) is 5.05. The first-order valence-electron chi connectivity index (χ1n) is 9.90. The zero-order valence-electron chi connectivity index (χ0n) is 16.0. The fourth-order valence-electron chi connectivity index (χ4n) is 3.20. The minimum Gasteiger partial charge on any atom is -0.256 e. The molecule has 0 atom stereocenters. The van der Waals surface area contributed by atoms with Gasteiger partial charge in [-0.25, -0.2) is 0 Å². The van der Waals surface area contributed by atoms with Crippen LogP contribution in [0.15, 0.2) is 66.9 Å². The van der Waals surface area contributed by atoms with Crippen LogP contribution in [-0.4, -0.2) is 4.98 Å². The van der Waals surface area contributed by atoms with Gasteiger partial charge in [0.1, 0.15) is 0 Å². The van der Waals surface area contributed by atoms with Crippen molar-refractivity contribution in [1.82, 2.24) is 4.98 Å². The smallest absolute Gasteiger partial charge is 0.0702 e. The summed E-state index contributed by atoms with van der Waals surface area (Å²) in [5, 5.41) is 0. The van der Waals surface area contributed by atoms with Crippen LogP contribution in [0.5, 0.6) is 0 Å². The van der Waals surface area contributed by atoms with Crippen molar-refractivity contribution < 1.29 is 0 Å². The minimum absolute atomic E-state index is 1.06. The molecule has 0 aliphatic heterocycles. The molecular formula is C25H29N. The zero-order chi connectivity index (χ0) is 18.2. The van der Waals surface area contributed by atoms with Gasteiger partial charge in [-0.15, -0.1) is 0 Å². The highest BCUT2D eigenvalue weighted by atomic mass is 14.7. The molecule has 1 aromatic heterocycles. The van der Waals surface area contributed by atoms with E-state index in [2.05, 4.69) is 79.5 Å². The summed E-state index contributed by atoms with van der Waals surface area (Å²) in [5.74, 6) is 0. The van der Waals surface area contributed by atoms with Crippen LogP contribution in [0.3, 0.4) is 0 Å². The first-order chi connectivity index (χ1) is 12.8. The predicted molar refractivity (Wildman–Crippen MR) is 112 cm³/mol. The molecule has 0 radical (unpaired) electrons. The van der Waals surface area contributed by atoms with Crippen molar-refractivity contribution in [2.24, 2.45) is 0 Å². The molecule has 0 spiro atoms. The van der Waals surface area contributed by atoms with E-state index in [0.29, 0.717) is 0 Å². The van der Waals surface area contributed by atoms with Crippen LogP contribution in [0.25, 0.3) is 11.3 Å². The lowest BCUT2D eigenvalue weighted by molar-refractivity contribution is 0.792. The Bertz CT molecular complexity index is 783. The summed E-state index contributed by atoms with van der Waals surface area (Å²) < 4.78 is 0. The van der Waals surface area contributed by atoms with E-state index >= 15 is 0 Å². The molecule has 3 rings (SSSR count). The van der Waals surface area contributed by atoms with Crippen molar-refractivity contribution in [3.05, 3.63) is 89.1 Å². The van der Waals surface area contributed by atoms with E-state index in [9.17, 15) is 0 Å². The molecule has 26 heavy (non-hydrogen) atoms. The number of rotatable bonds is 8. The second kappa shape index (κ2) is 9.33. The van der Waals surface area contributed by atoms with Gasteiger partial charge < -0.3 is 0 Å². The molecule has 2 aromatic carbocycles. The molecule has 134 valence electrons. The Kier molecular flexibility index (Phi) is 6.60. The number of unbranched alkanes of at least 4 members (excludes halogenated alkanes) is 1. The van der Waals surface area contributed by atoms with Gasteiger partial charge in [-0.1, -0.05) is 74.9 Å². The molecule has 0 fully saturated rings. The van der Waals surface area contributed by atoms with Crippen molar-refractivity contribution in [3.8, 4) is 11.3 Å². The molecule has 0 aliphatic carbocycles. The molecule has 0 aliphatic rings. The van der Waals surface area contributed by atoms with Gasteiger partial charge in [-0.2, -0.15) is 0 Å². The van der Waals surface area contributed by atoms with Gasteiger partial charge in [-0.05, 0) is 60.4 Å². The van der Waals surface area contributed by atoms with E-state index in [1.807, 2.05) is 6.20 Å². The molecule has 0 saturated heterocycles. The normalized spacial score (nSPS) is 10.8. The summed E-state index contributed by atoms with van der Waals surface area (Å²) in [6, 6.07) is 22.2. The summed E-state index contributed by atoms with van der Waals surface area (Å²) in [6.45, 7) is 4.42. The average molecular weight is 344 g/mol. The molecule has 1 heteroatoms. The SMILES string of the molecule is CCCCc1ccc(-c2ccc(CCc3ccc(CC)cc3)cc2)nc1. The molecule has 1 heterocycles. The largest absolute Gasteiger partial charge is 0.256 e. The fraction of sp³-hybridized carbons (Fsp3) is 0.320. The van der Waals surface area contributed by atoms with Gasteiger partial charge in [0.15, 0.2) is 0 Å². The first kappa shape index (κ1) is 18.4. The lowest BCUT2D eigenvalue weighted by Gasteiger charge is -2.06. The molecule has 0 unspecified atom stereocenters. The number of nitrogens with zero attached hydrogens (tertiary/aromatic N) is 1. The first-order valence-corrected chi connectivity index (χ1v) is 9.90. The quantitative estimate of drug-likeness (QED) is 0.458.